The summed E-state index contributed by atoms with van der Waals surface area (Å²) in [4.78, 5) is 5.29. The topological polar surface area (TPSA) is 24.9 Å². The molecule has 168 valence electrons. The van der Waals surface area contributed by atoms with E-state index >= 15 is 0 Å². The molecule has 30 heavy (non-hydrogen) atoms. The van der Waals surface area contributed by atoms with Crippen molar-refractivity contribution >= 4 is 18.1 Å². The third kappa shape index (κ3) is 4.70. The average molecular weight is 435 g/mol. The minimum atomic E-state index is 0. The Kier molecular flexibility index (Phi) is 5.95. The summed E-state index contributed by atoms with van der Waals surface area (Å²) in [5.41, 5.74) is 3.65. The van der Waals surface area contributed by atoms with Crippen LogP contribution in [0, 0.1) is 16.7 Å². The van der Waals surface area contributed by atoms with Crippen LogP contribution in [-0.2, 0) is 0 Å². The van der Waals surface area contributed by atoms with E-state index in [1.165, 1.54) is 63.0 Å². The molecule has 1 aromatic rings. The highest BCUT2D eigenvalue weighted by Gasteiger charge is 2.40. The number of piperazine rings is 1. The van der Waals surface area contributed by atoms with E-state index in [9.17, 15) is 0 Å². The van der Waals surface area contributed by atoms with Crippen LogP contribution in [0.25, 0.3) is 0 Å². The van der Waals surface area contributed by atoms with Crippen molar-refractivity contribution in [1.82, 2.24) is 4.90 Å². The molecule has 2 aliphatic heterocycles. The zero-order valence-electron chi connectivity index (χ0n) is 19.2. The summed E-state index contributed by atoms with van der Waals surface area (Å²) in [6.45, 7) is 16.1. The van der Waals surface area contributed by atoms with Gasteiger partial charge in [0.1, 0.15) is 0 Å². The average Bonchev–Trinajstić information content (AvgIpc) is 3.33. The minimum absolute atomic E-state index is 0. The molecule has 5 rings (SSSR count). The van der Waals surface area contributed by atoms with E-state index in [2.05, 4.69) is 49.6 Å². The van der Waals surface area contributed by atoms with Crippen molar-refractivity contribution in [3.8, 4) is 11.5 Å². The predicted octanol–water partition coefficient (Wildman–Crippen LogP) is 5.69. The van der Waals surface area contributed by atoms with Gasteiger partial charge in [-0.15, -0.1) is 12.4 Å². The number of hydrogen-bond acceptors (Lipinski definition) is 4. The Labute approximate surface area is 188 Å². The van der Waals surface area contributed by atoms with Crippen molar-refractivity contribution in [3.05, 3.63) is 17.7 Å². The quantitative estimate of drug-likeness (QED) is 0.607. The number of hydrogen-bond donors (Lipinski definition) is 0. The van der Waals surface area contributed by atoms with E-state index < -0.39 is 0 Å². The van der Waals surface area contributed by atoms with E-state index in [1.54, 1.807) is 0 Å². The molecule has 2 aliphatic carbocycles. The maximum absolute atomic E-state index is 5.79. The van der Waals surface area contributed by atoms with Gasteiger partial charge in [0, 0.05) is 44.5 Å². The van der Waals surface area contributed by atoms with Gasteiger partial charge in [-0.25, -0.2) is 0 Å². The van der Waals surface area contributed by atoms with E-state index in [1.807, 2.05) is 0 Å². The number of anilines is 1. The monoisotopic (exact) mass is 434 g/mol. The molecule has 0 atom stereocenters. The first-order valence-corrected chi connectivity index (χ1v) is 11.7. The molecule has 0 spiro atoms. The van der Waals surface area contributed by atoms with E-state index in [0.717, 1.165) is 30.5 Å². The Morgan fingerprint density at radius 2 is 1.50 bits per heavy atom. The Morgan fingerprint density at radius 3 is 2.10 bits per heavy atom. The van der Waals surface area contributed by atoms with Crippen molar-refractivity contribution in [2.45, 2.75) is 65.7 Å². The predicted molar refractivity (Wildman–Crippen MR) is 125 cm³/mol. The Morgan fingerprint density at radius 1 is 0.900 bits per heavy atom. The van der Waals surface area contributed by atoms with Crippen LogP contribution in [0.5, 0.6) is 11.5 Å². The molecular weight excluding hydrogens is 396 g/mol. The molecule has 0 radical (unpaired) electrons. The van der Waals surface area contributed by atoms with Gasteiger partial charge in [0.05, 0.1) is 0 Å². The standard InChI is InChI=1S/C25H38N2O2.ClH/c1-24(2)13-19(14-25(3,4)16-24)20-11-22-23(29-17-28-22)12-21(20)27-9-7-26(8-10-27)15-18-5-6-18;/h11-12,18-19H,5-10,13-17H2,1-4H3;1H. The van der Waals surface area contributed by atoms with Crippen LogP contribution in [0.2, 0.25) is 0 Å². The van der Waals surface area contributed by atoms with Gasteiger partial charge in [-0.3, -0.25) is 4.90 Å². The van der Waals surface area contributed by atoms with Crippen LogP contribution in [0.3, 0.4) is 0 Å². The number of benzene rings is 1. The first kappa shape index (κ1) is 22.1. The van der Waals surface area contributed by atoms with Crippen molar-refractivity contribution < 1.29 is 9.47 Å². The van der Waals surface area contributed by atoms with Gasteiger partial charge < -0.3 is 14.4 Å². The molecule has 0 N–H and O–H groups in total. The Balaban J connectivity index is 0.00000218. The molecule has 0 amide bonds. The molecule has 4 nitrogen and oxygen atoms in total. The first-order valence-electron chi connectivity index (χ1n) is 11.7. The normalized spacial score (nSPS) is 25.8. The van der Waals surface area contributed by atoms with Gasteiger partial charge in [0.15, 0.2) is 11.5 Å². The highest BCUT2D eigenvalue weighted by atomic mass is 35.5. The van der Waals surface area contributed by atoms with E-state index in [0.29, 0.717) is 23.5 Å². The van der Waals surface area contributed by atoms with Gasteiger partial charge in [0.25, 0.3) is 0 Å². The molecule has 2 heterocycles. The lowest BCUT2D eigenvalue weighted by Gasteiger charge is -2.46. The molecule has 4 aliphatic rings. The lowest BCUT2D eigenvalue weighted by atomic mass is 9.60. The Hall–Kier alpha value is -1.13. The van der Waals surface area contributed by atoms with Crippen LogP contribution in [0.4, 0.5) is 5.69 Å². The van der Waals surface area contributed by atoms with Gasteiger partial charge in [-0.05, 0) is 66.4 Å². The largest absolute Gasteiger partial charge is 0.454 e. The second kappa shape index (κ2) is 8.09. The van der Waals surface area contributed by atoms with Crippen LogP contribution in [0.15, 0.2) is 12.1 Å². The summed E-state index contributed by atoms with van der Waals surface area (Å²) in [6, 6.07) is 4.60. The lowest BCUT2D eigenvalue weighted by Crippen LogP contribution is -2.47. The second-order valence-electron chi connectivity index (χ2n) is 11.6. The van der Waals surface area contributed by atoms with Crippen molar-refractivity contribution in [1.29, 1.82) is 0 Å². The second-order valence-corrected chi connectivity index (χ2v) is 11.6. The van der Waals surface area contributed by atoms with Crippen molar-refractivity contribution in [3.63, 3.8) is 0 Å². The molecule has 1 saturated heterocycles. The maximum atomic E-state index is 5.79. The smallest absolute Gasteiger partial charge is 0.231 e. The molecule has 3 fully saturated rings. The Bertz CT molecular complexity index is 751. The fourth-order valence-corrected chi connectivity index (χ4v) is 6.45. The van der Waals surface area contributed by atoms with Crippen LogP contribution >= 0.6 is 12.4 Å². The van der Waals surface area contributed by atoms with Crippen molar-refractivity contribution in [2.75, 3.05) is 44.4 Å². The molecule has 0 bridgehead atoms. The molecule has 0 unspecified atom stereocenters. The van der Waals surface area contributed by atoms with E-state index in [4.69, 9.17) is 9.47 Å². The first-order chi connectivity index (χ1) is 13.8. The summed E-state index contributed by atoms with van der Waals surface area (Å²) in [6.07, 6.45) is 6.70. The summed E-state index contributed by atoms with van der Waals surface area (Å²) >= 11 is 0. The molecule has 5 heteroatoms. The lowest BCUT2D eigenvalue weighted by molar-refractivity contribution is 0.0969. The summed E-state index contributed by atoms with van der Waals surface area (Å²) in [5, 5.41) is 0. The van der Waals surface area contributed by atoms with Crippen LogP contribution in [0.1, 0.15) is 71.3 Å². The highest BCUT2D eigenvalue weighted by Crippen LogP contribution is 2.54. The van der Waals surface area contributed by atoms with E-state index in [-0.39, 0.29) is 12.4 Å². The number of nitrogens with zero attached hydrogens (tertiary/aromatic N) is 2. The molecule has 2 saturated carbocycles. The zero-order valence-corrected chi connectivity index (χ0v) is 20.0. The van der Waals surface area contributed by atoms with Crippen LogP contribution in [-0.4, -0.2) is 44.4 Å². The summed E-state index contributed by atoms with van der Waals surface area (Å²) in [5.74, 6) is 3.44. The van der Waals surface area contributed by atoms with Gasteiger partial charge in [0.2, 0.25) is 6.79 Å². The van der Waals surface area contributed by atoms with Gasteiger partial charge >= 0.3 is 0 Å². The maximum Gasteiger partial charge on any atom is 0.231 e. The minimum Gasteiger partial charge on any atom is -0.454 e. The molecule has 0 aromatic heterocycles. The summed E-state index contributed by atoms with van der Waals surface area (Å²) in [7, 11) is 0. The fraction of sp³-hybridized carbons (Fsp3) is 0.760. The third-order valence-electron chi connectivity index (χ3n) is 7.44. The summed E-state index contributed by atoms with van der Waals surface area (Å²) < 4.78 is 11.6. The number of rotatable bonds is 4. The molecular formula is C25H39ClN2O2. The number of halogens is 1. The number of fused-ring (bicyclic) bond motifs is 1. The SMILES string of the molecule is CC1(C)CC(c2cc3c(cc2N2CCN(CC4CC4)CC2)OCO3)CC(C)(C)C1.Cl. The molecule has 1 aromatic carbocycles. The zero-order chi connectivity index (χ0) is 20.2. The number of ether oxygens (including phenoxy) is 2. The third-order valence-corrected chi connectivity index (χ3v) is 7.44. The van der Waals surface area contributed by atoms with Gasteiger partial charge in [-0.1, -0.05) is 27.7 Å². The van der Waals surface area contributed by atoms with Gasteiger partial charge in [-0.2, -0.15) is 0 Å². The van der Waals surface area contributed by atoms with Crippen LogP contribution < -0.4 is 14.4 Å². The van der Waals surface area contributed by atoms with Crippen molar-refractivity contribution in [2.24, 2.45) is 16.7 Å². The highest BCUT2D eigenvalue weighted by molar-refractivity contribution is 5.85. The fourth-order valence-electron chi connectivity index (χ4n) is 6.45.